The molecule has 0 saturated carbocycles. The summed E-state index contributed by atoms with van der Waals surface area (Å²) in [5.41, 5.74) is 1.80. The first-order valence-electron chi connectivity index (χ1n) is 3.38. The number of aryl methyl sites for hydroxylation is 1. The average molecular weight is 165 g/mol. The Morgan fingerprint density at radius 3 is 2.18 bits per heavy atom. The third-order valence-corrected chi connectivity index (χ3v) is 1.27. The van der Waals surface area contributed by atoms with Crippen molar-refractivity contribution >= 4 is 9.24 Å². The van der Waals surface area contributed by atoms with Crippen molar-refractivity contribution < 1.29 is 0 Å². The normalized spacial score (nSPS) is 7.45. The van der Waals surface area contributed by atoms with Crippen LogP contribution in [-0.4, -0.2) is 6.66 Å². The highest BCUT2D eigenvalue weighted by atomic mass is 31.0. The fourth-order valence-electron chi connectivity index (χ4n) is 0.698. The van der Waals surface area contributed by atoms with Crippen LogP contribution in [0.5, 0.6) is 0 Å². The van der Waals surface area contributed by atoms with E-state index < -0.39 is 0 Å². The molecule has 0 saturated heterocycles. The molecule has 1 nitrogen and oxygen atoms in total. The first-order valence-corrected chi connectivity index (χ1v) is 4.53. The lowest BCUT2D eigenvalue weighted by Crippen LogP contribution is -1.77. The zero-order chi connectivity index (χ0) is 8.69. The molecule has 11 heavy (non-hydrogen) atoms. The Balaban J connectivity index is 0.000000461. The van der Waals surface area contributed by atoms with E-state index in [1.165, 1.54) is 0 Å². The molecule has 1 rings (SSSR count). The summed E-state index contributed by atoms with van der Waals surface area (Å²) < 4.78 is 0. The summed E-state index contributed by atoms with van der Waals surface area (Å²) in [4.78, 5) is 0. The van der Waals surface area contributed by atoms with Crippen LogP contribution in [0.25, 0.3) is 0 Å². The van der Waals surface area contributed by atoms with Gasteiger partial charge >= 0.3 is 0 Å². The van der Waals surface area contributed by atoms with Crippen molar-refractivity contribution in [2.24, 2.45) is 0 Å². The third kappa shape index (κ3) is 3.16. The standard InChI is InChI=1S/C8H7N.CH5P/c1-7-4-2-3-5-8(7)6-9;1-2/h2-5H,1H3;2H2,1H3. The second kappa shape index (κ2) is 5.89. The van der Waals surface area contributed by atoms with E-state index in [9.17, 15) is 0 Å². The maximum Gasteiger partial charge on any atom is 0.0994 e. The predicted octanol–water partition coefficient (Wildman–Crippen LogP) is 2.36. The van der Waals surface area contributed by atoms with Gasteiger partial charge < -0.3 is 0 Å². The van der Waals surface area contributed by atoms with Crippen molar-refractivity contribution in [3.05, 3.63) is 35.4 Å². The van der Waals surface area contributed by atoms with Gasteiger partial charge in [0.25, 0.3) is 0 Å². The molecule has 1 unspecified atom stereocenters. The number of hydrogen-bond donors (Lipinski definition) is 0. The summed E-state index contributed by atoms with van der Waals surface area (Å²) in [6.07, 6.45) is 0. The van der Waals surface area contributed by atoms with Crippen LogP contribution in [0.2, 0.25) is 0 Å². The second-order valence-electron chi connectivity index (χ2n) is 1.93. The minimum Gasteiger partial charge on any atom is -0.192 e. The van der Waals surface area contributed by atoms with Crippen LogP contribution in [0.1, 0.15) is 11.1 Å². The fourth-order valence-corrected chi connectivity index (χ4v) is 0.698. The third-order valence-electron chi connectivity index (χ3n) is 1.27. The van der Waals surface area contributed by atoms with Crippen LogP contribution in [0.15, 0.2) is 24.3 Å². The largest absolute Gasteiger partial charge is 0.192 e. The van der Waals surface area contributed by atoms with E-state index in [0.29, 0.717) is 0 Å². The van der Waals surface area contributed by atoms with Crippen molar-refractivity contribution in [3.63, 3.8) is 0 Å². The van der Waals surface area contributed by atoms with Gasteiger partial charge in [0.05, 0.1) is 11.6 Å². The number of benzene rings is 1. The first kappa shape index (κ1) is 10.1. The summed E-state index contributed by atoms with van der Waals surface area (Å²) in [5.74, 6) is 0. The minimum atomic E-state index is 0.762. The topological polar surface area (TPSA) is 23.8 Å². The second-order valence-corrected chi connectivity index (χ2v) is 1.93. The smallest absolute Gasteiger partial charge is 0.0994 e. The molecule has 0 N–H and O–H groups in total. The van der Waals surface area contributed by atoms with Gasteiger partial charge in [0.2, 0.25) is 0 Å². The molecule has 0 aliphatic carbocycles. The lowest BCUT2D eigenvalue weighted by molar-refractivity contribution is 1.39. The summed E-state index contributed by atoms with van der Waals surface area (Å²) in [7, 11) is 2.42. The van der Waals surface area contributed by atoms with Gasteiger partial charge in [0.1, 0.15) is 0 Å². The fraction of sp³-hybridized carbons (Fsp3) is 0.222. The van der Waals surface area contributed by atoms with E-state index in [0.717, 1.165) is 11.1 Å². The molecule has 0 fully saturated rings. The number of hydrogen-bond acceptors (Lipinski definition) is 1. The summed E-state index contributed by atoms with van der Waals surface area (Å²) in [6, 6.07) is 9.63. The Labute approximate surface area is 70.3 Å². The van der Waals surface area contributed by atoms with E-state index in [2.05, 4.69) is 15.3 Å². The Kier molecular flexibility index (Phi) is 5.43. The molecular formula is C9H12NP. The number of nitriles is 1. The van der Waals surface area contributed by atoms with Crippen LogP contribution in [0, 0.1) is 18.3 Å². The van der Waals surface area contributed by atoms with Gasteiger partial charge in [-0.05, 0) is 18.6 Å². The molecule has 0 amide bonds. The summed E-state index contributed by atoms with van der Waals surface area (Å²) in [6.45, 7) is 3.85. The molecule has 0 aromatic heterocycles. The summed E-state index contributed by atoms with van der Waals surface area (Å²) >= 11 is 0. The van der Waals surface area contributed by atoms with Crippen LogP contribution < -0.4 is 0 Å². The Morgan fingerprint density at radius 2 is 1.82 bits per heavy atom. The molecule has 58 valence electrons. The lowest BCUT2D eigenvalue weighted by atomic mass is 10.1. The summed E-state index contributed by atoms with van der Waals surface area (Å²) in [5, 5.41) is 8.47. The minimum absolute atomic E-state index is 0.762. The van der Waals surface area contributed by atoms with Crippen molar-refractivity contribution in [1.29, 1.82) is 5.26 Å². The van der Waals surface area contributed by atoms with Crippen LogP contribution in [-0.2, 0) is 0 Å². The molecule has 0 radical (unpaired) electrons. The van der Waals surface area contributed by atoms with Gasteiger partial charge in [-0.3, -0.25) is 0 Å². The van der Waals surface area contributed by atoms with E-state index in [1.807, 2.05) is 37.9 Å². The van der Waals surface area contributed by atoms with Gasteiger partial charge in [-0.25, -0.2) is 0 Å². The molecule has 0 spiro atoms. The van der Waals surface area contributed by atoms with E-state index in [1.54, 1.807) is 0 Å². The van der Waals surface area contributed by atoms with Gasteiger partial charge in [0.15, 0.2) is 0 Å². The van der Waals surface area contributed by atoms with Crippen molar-refractivity contribution in [1.82, 2.24) is 0 Å². The zero-order valence-corrected chi connectivity index (χ0v) is 7.99. The van der Waals surface area contributed by atoms with Crippen molar-refractivity contribution in [2.45, 2.75) is 6.92 Å². The van der Waals surface area contributed by atoms with Gasteiger partial charge in [-0.2, -0.15) is 5.26 Å². The molecule has 1 aromatic rings. The maximum absolute atomic E-state index is 8.47. The quantitative estimate of drug-likeness (QED) is 0.541. The maximum atomic E-state index is 8.47. The molecule has 2 heteroatoms. The highest BCUT2D eigenvalue weighted by molar-refractivity contribution is 7.15. The monoisotopic (exact) mass is 165 g/mol. The highest BCUT2D eigenvalue weighted by Crippen LogP contribution is 2.03. The lowest BCUT2D eigenvalue weighted by Gasteiger charge is -1.90. The number of nitrogens with zero attached hydrogens (tertiary/aromatic N) is 1. The van der Waals surface area contributed by atoms with E-state index in [4.69, 9.17) is 5.26 Å². The molecular weight excluding hydrogens is 153 g/mol. The van der Waals surface area contributed by atoms with E-state index in [-0.39, 0.29) is 0 Å². The molecule has 1 aromatic carbocycles. The van der Waals surface area contributed by atoms with Crippen LogP contribution >= 0.6 is 9.24 Å². The van der Waals surface area contributed by atoms with Crippen molar-refractivity contribution in [3.8, 4) is 6.07 Å². The Morgan fingerprint density at radius 1 is 1.27 bits per heavy atom. The highest BCUT2D eigenvalue weighted by Gasteiger charge is 1.89. The van der Waals surface area contributed by atoms with Crippen molar-refractivity contribution in [2.75, 3.05) is 6.66 Å². The van der Waals surface area contributed by atoms with Gasteiger partial charge in [0, 0.05) is 0 Å². The molecule has 0 bridgehead atoms. The molecule has 0 heterocycles. The van der Waals surface area contributed by atoms with Crippen LogP contribution in [0.4, 0.5) is 0 Å². The Hall–Kier alpha value is -0.860. The molecule has 1 atom stereocenters. The molecule has 0 aliphatic rings. The zero-order valence-electron chi connectivity index (χ0n) is 6.83. The predicted molar refractivity (Wildman–Crippen MR) is 51.5 cm³/mol. The number of rotatable bonds is 0. The SMILES string of the molecule is CP.Cc1ccccc1C#N. The van der Waals surface area contributed by atoms with E-state index >= 15 is 0 Å². The average Bonchev–Trinajstić information content (AvgIpc) is 2.09. The van der Waals surface area contributed by atoms with Gasteiger partial charge in [-0.1, -0.05) is 24.9 Å². The first-order chi connectivity index (χ1) is 5.34. The van der Waals surface area contributed by atoms with Gasteiger partial charge in [-0.15, -0.1) is 9.24 Å². The molecule has 0 aliphatic heterocycles. The van der Waals surface area contributed by atoms with Crippen LogP contribution in [0.3, 0.4) is 0 Å². The Bertz CT molecular complexity index is 250.